The Balaban J connectivity index is 2.51. The molecule has 0 unspecified atom stereocenters. The molecule has 5 atom stereocenters. The number of ether oxygens (including phenoxy) is 7. The Morgan fingerprint density at radius 3 is 2.26 bits per heavy atom. The number of allylic oxidation sites excluding steroid dienone is 2. The molecule has 35 heavy (non-hydrogen) atoms. The molecule has 2 rings (SSSR count). The third-order valence-corrected chi connectivity index (χ3v) is 6.78. The molecule has 2 aliphatic rings. The van der Waals surface area contributed by atoms with Gasteiger partial charge in [-0.25, -0.2) is 0 Å². The van der Waals surface area contributed by atoms with Gasteiger partial charge < -0.3 is 33.2 Å². The molecule has 1 fully saturated rings. The maximum atomic E-state index is 12.1. The van der Waals surface area contributed by atoms with E-state index in [4.69, 9.17) is 33.2 Å². The van der Waals surface area contributed by atoms with E-state index in [-0.39, 0.29) is 25.8 Å². The molecule has 0 spiro atoms. The van der Waals surface area contributed by atoms with Crippen LogP contribution in [0, 0.1) is 0 Å². The standard InChI is InChI=1S/C26H42O9/c1-18-8-10-21(15-31-19(2)27)22(34-20(3)28)14-26(5,33-17-30-7)24-12-13-25(4,32-16-29-6)23(35-24)11-9-18/h8,15,22-24H,9-14,16-17H2,1-7H3/b18-8+,21-15+/t22-,23-,24+,25+,26-/m1/s1. The SMILES string of the molecule is COCO[C@]1(C)C[C@@H](OC(C)=O)/C(=C/OC(C)=O)C/C=C(\C)CC[C@H]2O[C@H]1CC[C@]2(C)OCOC. The molecule has 0 radical (unpaired) electrons. The van der Waals surface area contributed by atoms with Crippen molar-refractivity contribution in [3.63, 3.8) is 0 Å². The molecule has 0 aromatic rings. The fraction of sp³-hybridized carbons (Fsp3) is 0.769. The van der Waals surface area contributed by atoms with Crippen molar-refractivity contribution in [1.82, 2.24) is 0 Å². The molecule has 200 valence electrons. The maximum absolute atomic E-state index is 12.1. The van der Waals surface area contributed by atoms with Crippen molar-refractivity contribution >= 4 is 11.9 Å². The smallest absolute Gasteiger partial charge is 0.307 e. The van der Waals surface area contributed by atoms with Crippen LogP contribution < -0.4 is 0 Å². The predicted octanol–water partition coefficient (Wildman–Crippen LogP) is 4.19. The summed E-state index contributed by atoms with van der Waals surface area (Å²) in [6.45, 7) is 8.99. The number of hydrogen-bond acceptors (Lipinski definition) is 9. The van der Waals surface area contributed by atoms with Gasteiger partial charge in [-0.2, -0.15) is 0 Å². The summed E-state index contributed by atoms with van der Waals surface area (Å²) in [5.41, 5.74) is 0.459. The van der Waals surface area contributed by atoms with Crippen LogP contribution in [0.3, 0.4) is 0 Å². The summed E-state index contributed by atoms with van der Waals surface area (Å²) in [5.74, 6) is -0.883. The molecule has 0 aromatic carbocycles. The van der Waals surface area contributed by atoms with E-state index in [2.05, 4.69) is 19.9 Å². The van der Waals surface area contributed by atoms with Crippen LogP contribution in [0.25, 0.3) is 0 Å². The van der Waals surface area contributed by atoms with Crippen LogP contribution in [0.15, 0.2) is 23.5 Å². The highest BCUT2D eigenvalue weighted by Gasteiger charge is 2.49. The first-order valence-electron chi connectivity index (χ1n) is 12.1. The first kappa shape index (κ1) is 29.5. The lowest BCUT2D eigenvalue weighted by Gasteiger charge is -2.49. The molecule has 0 amide bonds. The van der Waals surface area contributed by atoms with E-state index in [0.717, 1.165) is 24.8 Å². The Kier molecular flexibility index (Phi) is 11.4. The molecular formula is C26H42O9. The van der Waals surface area contributed by atoms with Crippen molar-refractivity contribution < 1.29 is 42.7 Å². The van der Waals surface area contributed by atoms with Gasteiger partial charge in [-0.15, -0.1) is 0 Å². The summed E-state index contributed by atoms with van der Waals surface area (Å²) in [6, 6.07) is 0. The summed E-state index contributed by atoms with van der Waals surface area (Å²) < 4.78 is 40.3. The topological polar surface area (TPSA) is 98.8 Å². The van der Waals surface area contributed by atoms with Gasteiger partial charge in [-0.3, -0.25) is 9.59 Å². The third-order valence-electron chi connectivity index (χ3n) is 6.78. The summed E-state index contributed by atoms with van der Waals surface area (Å²) >= 11 is 0. The molecule has 9 heteroatoms. The lowest BCUT2D eigenvalue weighted by Crippen LogP contribution is -2.57. The van der Waals surface area contributed by atoms with Gasteiger partial charge in [-0.1, -0.05) is 11.6 Å². The summed E-state index contributed by atoms with van der Waals surface area (Å²) in [5, 5.41) is 0. The van der Waals surface area contributed by atoms with Crippen molar-refractivity contribution in [1.29, 1.82) is 0 Å². The zero-order chi connectivity index (χ0) is 26.1. The lowest BCUT2D eigenvalue weighted by atomic mass is 9.78. The molecule has 0 aliphatic carbocycles. The summed E-state index contributed by atoms with van der Waals surface area (Å²) in [4.78, 5) is 23.6. The number of rotatable bonds is 8. The predicted molar refractivity (Wildman–Crippen MR) is 128 cm³/mol. The lowest BCUT2D eigenvalue weighted by molar-refractivity contribution is -0.268. The van der Waals surface area contributed by atoms with Gasteiger partial charge in [0.05, 0.1) is 29.7 Å². The van der Waals surface area contributed by atoms with Gasteiger partial charge in [0.25, 0.3) is 0 Å². The largest absolute Gasteiger partial charge is 0.458 e. The first-order valence-corrected chi connectivity index (χ1v) is 12.1. The van der Waals surface area contributed by atoms with Crippen LogP contribution in [0.2, 0.25) is 0 Å². The van der Waals surface area contributed by atoms with Gasteiger partial charge in [0, 0.05) is 40.1 Å². The average Bonchev–Trinajstić information content (AvgIpc) is 2.79. The van der Waals surface area contributed by atoms with Crippen molar-refractivity contribution in [3.8, 4) is 0 Å². The first-order chi connectivity index (χ1) is 16.5. The number of carbonyl (C=O) groups excluding carboxylic acids is 2. The van der Waals surface area contributed by atoms with E-state index < -0.39 is 29.2 Å². The number of methoxy groups -OCH3 is 2. The van der Waals surface area contributed by atoms with Gasteiger partial charge in [0.2, 0.25) is 0 Å². The van der Waals surface area contributed by atoms with Gasteiger partial charge in [0.15, 0.2) is 0 Å². The van der Waals surface area contributed by atoms with E-state index in [0.29, 0.717) is 24.8 Å². The van der Waals surface area contributed by atoms with Gasteiger partial charge >= 0.3 is 11.9 Å². The van der Waals surface area contributed by atoms with E-state index in [1.807, 2.05) is 6.92 Å². The van der Waals surface area contributed by atoms with Gasteiger partial charge in [-0.05, 0) is 52.9 Å². The normalized spacial score (nSPS) is 34.8. The van der Waals surface area contributed by atoms with Crippen LogP contribution >= 0.6 is 0 Å². The molecule has 2 heterocycles. The molecule has 2 aliphatic heterocycles. The van der Waals surface area contributed by atoms with E-state index in [1.165, 1.54) is 20.1 Å². The Bertz CT molecular complexity index is 777. The second kappa shape index (κ2) is 13.5. The average molecular weight is 499 g/mol. The number of hydrogen-bond donors (Lipinski definition) is 0. The Morgan fingerprint density at radius 2 is 1.66 bits per heavy atom. The quantitative estimate of drug-likeness (QED) is 0.211. The van der Waals surface area contributed by atoms with E-state index in [1.54, 1.807) is 14.2 Å². The van der Waals surface area contributed by atoms with E-state index >= 15 is 0 Å². The van der Waals surface area contributed by atoms with Crippen molar-refractivity contribution in [2.75, 3.05) is 27.8 Å². The molecule has 2 bridgehead atoms. The van der Waals surface area contributed by atoms with Crippen LogP contribution in [0.5, 0.6) is 0 Å². The highest BCUT2D eigenvalue weighted by Crippen LogP contribution is 2.42. The molecule has 0 aromatic heterocycles. The molecule has 9 nitrogen and oxygen atoms in total. The molecular weight excluding hydrogens is 456 g/mol. The molecule has 0 N–H and O–H groups in total. The minimum atomic E-state index is -0.857. The number of esters is 2. The highest BCUT2D eigenvalue weighted by atomic mass is 16.7. The van der Waals surface area contributed by atoms with Crippen molar-refractivity contribution in [2.24, 2.45) is 0 Å². The summed E-state index contributed by atoms with van der Waals surface area (Å²) in [7, 11) is 3.16. The van der Waals surface area contributed by atoms with Crippen molar-refractivity contribution in [3.05, 3.63) is 23.5 Å². The minimum absolute atomic E-state index is 0.0489. The Labute approximate surface area is 209 Å². The summed E-state index contributed by atoms with van der Waals surface area (Å²) in [6.07, 6.45) is 6.00. The van der Waals surface area contributed by atoms with Crippen LogP contribution in [-0.4, -0.2) is 69.3 Å². The third kappa shape index (κ3) is 8.68. The zero-order valence-electron chi connectivity index (χ0n) is 22.2. The number of carbonyl (C=O) groups is 2. The zero-order valence-corrected chi connectivity index (χ0v) is 22.2. The highest BCUT2D eigenvalue weighted by molar-refractivity contribution is 5.67. The second-order valence-corrected chi connectivity index (χ2v) is 9.78. The van der Waals surface area contributed by atoms with Crippen LogP contribution in [-0.2, 0) is 42.7 Å². The minimum Gasteiger partial charge on any atom is -0.458 e. The Morgan fingerprint density at radius 1 is 1.03 bits per heavy atom. The monoisotopic (exact) mass is 498 g/mol. The maximum Gasteiger partial charge on any atom is 0.307 e. The van der Waals surface area contributed by atoms with Crippen LogP contribution in [0.1, 0.15) is 73.1 Å². The van der Waals surface area contributed by atoms with Gasteiger partial charge in [0.1, 0.15) is 19.7 Å². The Hall–Kier alpha value is -1.78. The van der Waals surface area contributed by atoms with Crippen molar-refractivity contribution in [2.45, 2.75) is 103 Å². The fourth-order valence-electron chi connectivity index (χ4n) is 4.63. The molecule has 0 saturated carbocycles. The van der Waals surface area contributed by atoms with E-state index in [9.17, 15) is 9.59 Å². The second-order valence-electron chi connectivity index (χ2n) is 9.78. The van der Waals surface area contributed by atoms with Crippen LogP contribution in [0.4, 0.5) is 0 Å². The fourth-order valence-corrected chi connectivity index (χ4v) is 4.63. The molecule has 1 saturated heterocycles. The number of fused-ring (bicyclic) bond motifs is 2.